The molecule has 0 aromatic rings. The summed E-state index contributed by atoms with van der Waals surface area (Å²) >= 11 is 4.11. The van der Waals surface area contributed by atoms with Crippen LogP contribution in [0.2, 0.25) is 0 Å². The monoisotopic (exact) mass is 168 g/mol. The summed E-state index contributed by atoms with van der Waals surface area (Å²) in [5.74, 6) is 0. The molecule has 0 aliphatic carbocycles. The third-order valence-electron chi connectivity index (χ3n) is 0. The fourth-order valence-electron chi connectivity index (χ4n) is 0. The van der Waals surface area contributed by atoms with Crippen molar-refractivity contribution in [3.05, 3.63) is 0 Å². The summed E-state index contributed by atoms with van der Waals surface area (Å²) in [6.07, 6.45) is 0. The van der Waals surface area contributed by atoms with E-state index in [0.717, 1.165) is 0 Å². The molecular formula is H6LiO4PSSi. The van der Waals surface area contributed by atoms with Crippen molar-refractivity contribution in [3.63, 3.8) is 0 Å². The average molecular weight is 168 g/mol. The predicted octanol–water partition coefficient (Wildman–Crippen LogP) is -1.85. The molecule has 8 heteroatoms. The second-order valence-electron chi connectivity index (χ2n) is 0.513. The van der Waals surface area contributed by atoms with E-state index in [9.17, 15) is 0 Å². The van der Waals surface area contributed by atoms with Crippen LogP contribution < -0.4 is 0 Å². The van der Waals surface area contributed by atoms with Gasteiger partial charge in [-0.1, -0.05) is 0 Å². The Kier molecular flexibility index (Phi) is 16.4. The van der Waals surface area contributed by atoms with E-state index in [-0.39, 0.29) is 18.9 Å². The van der Waals surface area contributed by atoms with E-state index in [1.807, 2.05) is 0 Å². The van der Waals surface area contributed by atoms with E-state index < -0.39 is 7.82 Å². The zero-order valence-corrected chi connectivity index (χ0v) is 6.44. The summed E-state index contributed by atoms with van der Waals surface area (Å²) in [5, 5.41) is 0. The molecule has 0 aliphatic rings. The van der Waals surface area contributed by atoms with E-state index in [1.165, 1.54) is 8.95 Å². The molecule has 0 rings (SSSR count). The van der Waals surface area contributed by atoms with Gasteiger partial charge in [-0.05, 0) is 0 Å². The van der Waals surface area contributed by atoms with Crippen LogP contribution in [-0.2, 0) is 4.57 Å². The molecule has 4 nitrogen and oxygen atoms in total. The minimum atomic E-state index is -4.64. The van der Waals surface area contributed by atoms with E-state index in [4.69, 9.17) is 19.2 Å². The molecule has 0 aromatic heterocycles. The molecule has 0 heterocycles. The summed E-state index contributed by atoms with van der Waals surface area (Å²) in [6, 6.07) is 0. The topological polar surface area (TPSA) is 77.8 Å². The van der Waals surface area contributed by atoms with Gasteiger partial charge in [-0.15, -0.1) is 11.6 Å². The van der Waals surface area contributed by atoms with Gasteiger partial charge in [-0.25, -0.2) is 4.57 Å². The van der Waals surface area contributed by atoms with Crippen molar-refractivity contribution in [2.75, 3.05) is 0 Å². The van der Waals surface area contributed by atoms with E-state index in [2.05, 4.69) is 11.6 Å². The Labute approximate surface area is 66.7 Å². The van der Waals surface area contributed by atoms with Crippen LogP contribution in [-0.4, -0.2) is 42.5 Å². The number of phosphoric acid groups is 1. The molecule has 0 fully saturated rings. The zero-order chi connectivity index (χ0) is 6.50. The van der Waals surface area contributed by atoms with Gasteiger partial charge in [0.25, 0.3) is 0 Å². The van der Waals surface area contributed by atoms with Gasteiger partial charge in [0, 0.05) is 0 Å². The van der Waals surface area contributed by atoms with E-state index >= 15 is 0 Å². The molecule has 0 unspecified atom stereocenters. The van der Waals surface area contributed by atoms with Gasteiger partial charge in [0.15, 0.2) is 0 Å². The SMILES string of the molecule is O=P(O)(O)O.[LiH].[SiH2]=S. The van der Waals surface area contributed by atoms with Crippen molar-refractivity contribution in [2.24, 2.45) is 0 Å². The molecule has 46 valence electrons. The van der Waals surface area contributed by atoms with Crippen LogP contribution in [0.5, 0.6) is 0 Å². The molecular weight excluding hydrogens is 162 g/mol. The fraction of sp³-hybridized carbons (Fsp3) is 0. The molecule has 0 atom stereocenters. The first kappa shape index (κ1) is 16.1. The molecule has 0 bridgehead atoms. The maximum atomic E-state index is 8.88. The van der Waals surface area contributed by atoms with Gasteiger partial charge in [0.1, 0.15) is 0 Å². The molecule has 0 amide bonds. The second-order valence-corrected chi connectivity index (χ2v) is 1.54. The Morgan fingerprint density at radius 3 is 1.25 bits per heavy atom. The van der Waals surface area contributed by atoms with Crippen LogP contribution in [0.25, 0.3) is 0 Å². The van der Waals surface area contributed by atoms with Crippen LogP contribution in [0, 0.1) is 0 Å². The second kappa shape index (κ2) is 8.14. The Balaban J connectivity index is -0.0000000750. The Bertz CT molecular complexity index is 71.8. The first-order chi connectivity index (χ1) is 3.00. The van der Waals surface area contributed by atoms with Crippen molar-refractivity contribution in [1.29, 1.82) is 0 Å². The van der Waals surface area contributed by atoms with Crippen molar-refractivity contribution in [2.45, 2.75) is 0 Å². The van der Waals surface area contributed by atoms with Crippen molar-refractivity contribution in [1.82, 2.24) is 0 Å². The van der Waals surface area contributed by atoms with Crippen LogP contribution in [0.3, 0.4) is 0 Å². The molecule has 0 spiro atoms. The van der Waals surface area contributed by atoms with Crippen molar-refractivity contribution >= 4 is 47.3 Å². The Morgan fingerprint density at radius 1 is 1.25 bits per heavy atom. The van der Waals surface area contributed by atoms with E-state index in [0.29, 0.717) is 0 Å². The van der Waals surface area contributed by atoms with Crippen molar-refractivity contribution in [3.8, 4) is 0 Å². The van der Waals surface area contributed by atoms with Crippen LogP contribution >= 0.6 is 19.4 Å². The quantitative estimate of drug-likeness (QED) is 0.292. The molecule has 0 aromatic carbocycles. The number of hydrogen-bond donors (Lipinski definition) is 3. The summed E-state index contributed by atoms with van der Waals surface area (Å²) in [4.78, 5) is 21.6. The first-order valence-corrected chi connectivity index (χ1v) is 4.95. The van der Waals surface area contributed by atoms with Gasteiger partial charge < -0.3 is 14.7 Å². The predicted molar refractivity (Wildman–Crippen MR) is 37.5 cm³/mol. The first-order valence-electron chi connectivity index (χ1n) is 1.07. The molecule has 8 heavy (non-hydrogen) atoms. The zero-order valence-electron chi connectivity index (χ0n) is 3.31. The summed E-state index contributed by atoms with van der Waals surface area (Å²) in [7, 11) is -3.19. The van der Waals surface area contributed by atoms with Gasteiger partial charge >= 0.3 is 26.7 Å². The van der Waals surface area contributed by atoms with Gasteiger partial charge in [0.05, 0.1) is 8.95 Å². The number of rotatable bonds is 0. The maximum absolute atomic E-state index is 8.88. The maximum Gasteiger partial charge on any atom is 0.0612 e. The largest absolute Gasteiger partial charge is 0.147 e. The van der Waals surface area contributed by atoms with Gasteiger partial charge in [-0.2, -0.15) is 0 Å². The minimum Gasteiger partial charge on any atom is -0.147 e. The molecule has 3 N–H and O–H groups in total. The smallest absolute Gasteiger partial charge is 0.0612 e. The standard InChI is InChI=1S/Li.H3O4P.H2SSi.H/c;1-5(2,3)4;1-2;/h;(H3,1,2,3,4);2H2;. The normalized spacial score (nSPS) is 7.88. The summed E-state index contributed by atoms with van der Waals surface area (Å²) in [5.41, 5.74) is 0. The molecule has 0 saturated heterocycles. The number of hydrogen-bond acceptors (Lipinski definition) is 2. The third-order valence-corrected chi connectivity index (χ3v) is 0. The minimum absolute atomic E-state index is 0. The van der Waals surface area contributed by atoms with E-state index in [1.54, 1.807) is 0 Å². The van der Waals surface area contributed by atoms with Gasteiger partial charge in [0.2, 0.25) is 0 Å². The fourth-order valence-corrected chi connectivity index (χ4v) is 0. The Hall–Kier alpha value is 1.14. The summed E-state index contributed by atoms with van der Waals surface area (Å²) in [6.45, 7) is 0. The summed E-state index contributed by atoms with van der Waals surface area (Å²) < 4.78 is 8.88. The van der Waals surface area contributed by atoms with Gasteiger partial charge in [-0.3, -0.25) is 0 Å². The van der Waals surface area contributed by atoms with Crippen molar-refractivity contribution < 1.29 is 19.2 Å². The Morgan fingerprint density at radius 2 is 1.25 bits per heavy atom. The van der Waals surface area contributed by atoms with Crippen LogP contribution in [0.4, 0.5) is 0 Å². The average Bonchev–Trinajstić information content (AvgIpc) is 1.36. The van der Waals surface area contributed by atoms with Crippen LogP contribution in [0.15, 0.2) is 0 Å². The molecule has 0 saturated carbocycles. The van der Waals surface area contributed by atoms with Crippen LogP contribution in [0.1, 0.15) is 0 Å². The third kappa shape index (κ3) is 206. The molecule has 0 aliphatic heterocycles. The molecule has 0 radical (unpaired) electrons.